The van der Waals surface area contributed by atoms with Gasteiger partial charge >= 0.3 is 5.97 Å². The van der Waals surface area contributed by atoms with Crippen molar-refractivity contribution in [2.45, 2.75) is 6.92 Å². The summed E-state index contributed by atoms with van der Waals surface area (Å²) in [6.45, 7) is 1.97. The van der Waals surface area contributed by atoms with Crippen molar-refractivity contribution in [1.82, 2.24) is 4.98 Å². The van der Waals surface area contributed by atoms with E-state index in [4.69, 9.17) is 4.74 Å². The van der Waals surface area contributed by atoms with E-state index in [2.05, 4.69) is 20.9 Å². The summed E-state index contributed by atoms with van der Waals surface area (Å²) in [5.41, 5.74) is 3.68. The summed E-state index contributed by atoms with van der Waals surface area (Å²) in [4.78, 5) is 15.2. The Hall–Kier alpha value is -2.14. The molecule has 0 radical (unpaired) electrons. The topological polar surface area (TPSA) is 42.1 Å². The predicted octanol–water partition coefficient (Wildman–Crippen LogP) is 4.83. The lowest BCUT2D eigenvalue weighted by Crippen LogP contribution is -2.03. The molecule has 3 nitrogen and oxygen atoms in total. The third kappa shape index (κ3) is 2.31. The first-order valence-electron chi connectivity index (χ1n) is 6.68. The number of fused-ring (bicyclic) bond motifs is 1. The van der Waals surface area contributed by atoms with Gasteiger partial charge in [0.2, 0.25) is 0 Å². The molecule has 0 bridgehead atoms. The van der Waals surface area contributed by atoms with Crippen LogP contribution in [0.15, 0.2) is 40.9 Å². The number of benzene rings is 2. The number of nitrogens with one attached hydrogen (secondary N) is 1. The molecular weight excluding hydrogens is 349 g/mol. The summed E-state index contributed by atoms with van der Waals surface area (Å²) in [6.07, 6.45) is 0. The van der Waals surface area contributed by atoms with Crippen LogP contribution in [0.5, 0.6) is 0 Å². The van der Waals surface area contributed by atoms with E-state index >= 15 is 0 Å². The average Bonchev–Trinajstić information content (AvgIpc) is 2.93. The zero-order valence-corrected chi connectivity index (χ0v) is 13.6. The molecular formula is C17H13BrFNO2. The van der Waals surface area contributed by atoms with Gasteiger partial charge in [0, 0.05) is 15.4 Å². The molecule has 0 atom stereocenters. The Morgan fingerprint density at radius 2 is 1.86 bits per heavy atom. The summed E-state index contributed by atoms with van der Waals surface area (Å²) in [6, 6.07) is 9.96. The van der Waals surface area contributed by atoms with Gasteiger partial charge in [-0.3, -0.25) is 0 Å². The summed E-state index contributed by atoms with van der Waals surface area (Å²) < 4.78 is 18.9. The molecule has 0 aliphatic heterocycles. The number of halogens is 2. The highest BCUT2D eigenvalue weighted by Gasteiger charge is 2.22. The molecule has 0 amide bonds. The molecule has 0 spiro atoms. The fraction of sp³-hybridized carbons (Fsp3) is 0.118. The third-order valence-corrected chi connectivity index (χ3v) is 4.30. The van der Waals surface area contributed by atoms with Gasteiger partial charge in [-0.1, -0.05) is 18.2 Å². The highest BCUT2D eigenvalue weighted by molar-refractivity contribution is 9.10. The van der Waals surface area contributed by atoms with Crippen LogP contribution in [0.4, 0.5) is 4.39 Å². The molecule has 0 saturated carbocycles. The van der Waals surface area contributed by atoms with Crippen molar-refractivity contribution in [2.75, 3.05) is 7.11 Å². The van der Waals surface area contributed by atoms with Crippen LogP contribution in [0.25, 0.3) is 22.0 Å². The largest absolute Gasteiger partial charge is 0.464 e. The Morgan fingerprint density at radius 1 is 1.18 bits per heavy atom. The van der Waals surface area contributed by atoms with Crippen LogP contribution >= 0.6 is 15.9 Å². The van der Waals surface area contributed by atoms with Crippen molar-refractivity contribution in [3.63, 3.8) is 0 Å². The predicted molar refractivity (Wildman–Crippen MR) is 87.5 cm³/mol. The first kappa shape index (κ1) is 14.8. The van der Waals surface area contributed by atoms with Crippen LogP contribution in [0.1, 0.15) is 16.1 Å². The lowest BCUT2D eigenvalue weighted by atomic mass is 9.99. The Labute approximate surface area is 135 Å². The van der Waals surface area contributed by atoms with Gasteiger partial charge in [0.05, 0.1) is 12.6 Å². The monoisotopic (exact) mass is 361 g/mol. The van der Waals surface area contributed by atoms with Gasteiger partial charge in [0.1, 0.15) is 11.5 Å². The molecule has 2 aromatic carbocycles. The Balaban J connectivity index is 2.41. The van der Waals surface area contributed by atoms with Crippen LogP contribution in [0, 0.1) is 12.7 Å². The van der Waals surface area contributed by atoms with Gasteiger partial charge in [0.25, 0.3) is 0 Å². The van der Waals surface area contributed by atoms with E-state index in [1.54, 1.807) is 12.1 Å². The molecule has 1 N–H and O–H groups in total. The lowest BCUT2D eigenvalue weighted by molar-refractivity contribution is 0.0596. The molecule has 1 heterocycles. The number of hydrogen-bond donors (Lipinski definition) is 1. The quantitative estimate of drug-likeness (QED) is 0.664. The molecule has 0 fully saturated rings. The van der Waals surface area contributed by atoms with Crippen molar-refractivity contribution in [3.05, 3.63) is 57.9 Å². The number of carbonyl (C=O) groups excluding carboxylic acids is 1. The zero-order valence-electron chi connectivity index (χ0n) is 12.0. The Bertz CT molecular complexity index is 868. The maximum Gasteiger partial charge on any atom is 0.355 e. The van der Waals surface area contributed by atoms with E-state index in [1.165, 1.54) is 19.2 Å². The number of methoxy groups -OCH3 is 1. The molecule has 22 heavy (non-hydrogen) atoms. The lowest BCUT2D eigenvalue weighted by Gasteiger charge is -2.06. The zero-order chi connectivity index (χ0) is 15.9. The fourth-order valence-corrected chi connectivity index (χ4v) is 3.03. The van der Waals surface area contributed by atoms with Crippen molar-refractivity contribution in [1.29, 1.82) is 0 Å². The normalized spacial score (nSPS) is 10.9. The van der Waals surface area contributed by atoms with Crippen LogP contribution < -0.4 is 0 Å². The van der Waals surface area contributed by atoms with Gasteiger partial charge in [-0.05, 0) is 52.2 Å². The van der Waals surface area contributed by atoms with Crippen LogP contribution in [0.2, 0.25) is 0 Å². The number of rotatable bonds is 2. The number of aryl methyl sites for hydroxylation is 1. The van der Waals surface area contributed by atoms with E-state index < -0.39 is 5.97 Å². The van der Waals surface area contributed by atoms with Crippen LogP contribution in [-0.2, 0) is 4.74 Å². The molecule has 1 aromatic heterocycles. The van der Waals surface area contributed by atoms with Gasteiger partial charge in [-0.25, -0.2) is 9.18 Å². The molecule has 5 heteroatoms. The average molecular weight is 362 g/mol. The summed E-state index contributed by atoms with van der Waals surface area (Å²) in [5.74, 6) is -0.775. The smallest absolute Gasteiger partial charge is 0.355 e. The number of aromatic nitrogens is 1. The first-order chi connectivity index (χ1) is 10.5. The minimum atomic E-state index is -0.457. The molecule has 3 rings (SSSR count). The van der Waals surface area contributed by atoms with E-state index in [0.717, 1.165) is 32.1 Å². The summed E-state index contributed by atoms with van der Waals surface area (Å²) >= 11 is 3.49. The van der Waals surface area contributed by atoms with Crippen molar-refractivity contribution < 1.29 is 13.9 Å². The minimum Gasteiger partial charge on any atom is -0.464 e. The number of aromatic amines is 1. The second kappa shape index (κ2) is 5.57. The first-order valence-corrected chi connectivity index (χ1v) is 7.47. The number of H-pyrrole nitrogens is 1. The highest BCUT2D eigenvalue weighted by Crippen LogP contribution is 2.38. The Morgan fingerprint density at radius 3 is 2.50 bits per heavy atom. The highest BCUT2D eigenvalue weighted by atomic mass is 79.9. The van der Waals surface area contributed by atoms with Gasteiger partial charge in [-0.2, -0.15) is 0 Å². The maximum atomic E-state index is 13.2. The SMILES string of the molecule is COC(=O)c1[nH]c2c(Br)ccc(C)c2c1-c1ccc(F)cc1. The molecule has 112 valence electrons. The number of hydrogen-bond acceptors (Lipinski definition) is 2. The molecule has 0 aliphatic carbocycles. The maximum absolute atomic E-state index is 13.2. The summed E-state index contributed by atoms with van der Waals surface area (Å²) in [7, 11) is 1.34. The van der Waals surface area contributed by atoms with E-state index in [9.17, 15) is 9.18 Å². The van der Waals surface area contributed by atoms with E-state index in [0.29, 0.717) is 5.69 Å². The van der Waals surface area contributed by atoms with Crippen molar-refractivity contribution in [3.8, 4) is 11.1 Å². The van der Waals surface area contributed by atoms with Gasteiger partial charge in [-0.15, -0.1) is 0 Å². The standard InChI is InChI=1S/C17H13BrFNO2/c1-9-3-8-12(18)15-13(9)14(16(20-15)17(21)22-2)10-4-6-11(19)7-5-10/h3-8,20H,1-2H3. The van der Waals surface area contributed by atoms with Gasteiger partial charge in [0.15, 0.2) is 0 Å². The van der Waals surface area contributed by atoms with Gasteiger partial charge < -0.3 is 9.72 Å². The second-order valence-corrected chi connectivity index (χ2v) is 5.84. The van der Waals surface area contributed by atoms with Crippen LogP contribution in [0.3, 0.4) is 0 Å². The van der Waals surface area contributed by atoms with Crippen LogP contribution in [-0.4, -0.2) is 18.1 Å². The molecule has 3 aromatic rings. The molecule has 0 unspecified atom stereocenters. The molecule has 0 aliphatic rings. The fourth-order valence-electron chi connectivity index (χ4n) is 2.60. The molecule has 0 saturated heterocycles. The Kier molecular flexibility index (Phi) is 3.74. The number of esters is 1. The van der Waals surface area contributed by atoms with Crippen molar-refractivity contribution >= 4 is 32.8 Å². The third-order valence-electron chi connectivity index (χ3n) is 3.64. The van der Waals surface area contributed by atoms with Crippen molar-refractivity contribution in [2.24, 2.45) is 0 Å². The van der Waals surface area contributed by atoms with E-state index in [1.807, 2.05) is 19.1 Å². The van der Waals surface area contributed by atoms with E-state index in [-0.39, 0.29) is 5.82 Å². The summed E-state index contributed by atoms with van der Waals surface area (Å²) in [5, 5.41) is 0.918. The number of ether oxygens (including phenoxy) is 1. The second-order valence-electron chi connectivity index (χ2n) is 4.99. The minimum absolute atomic E-state index is 0.318. The number of carbonyl (C=O) groups is 1.